The minimum Gasteiger partial charge on any atom is -0.444 e. The number of alkyl carbamates (subject to hydrolysis) is 1. The molecule has 0 saturated heterocycles. The normalized spacial score (nSPS) is 18.1. The van der Waals surface area contributed by atoms with Crippen molar-refractivity contribution in [3.63, 3.8) is 0 Å². The van der Waals surface area contributed by atoms with E-state index in [2.05, 4.69) is 5.32 Å². The predicted molar refractivity (Wildman–Crippen MR) is 65.8 cm³/mol. The van der Waals surface area contributed by atoms with Crippen LogP contribution in [0.2, 0.25) is 0 Å². The molecule has 17 heavy (non-hydrogen) atoms. The van der Waals surface area contributed by atoms with E-state index in [1.165, 1.54) is 0 Å². The smallest absolute Gasteiger partial charge is 0.407 e. The Morgan fingerprint density at radius 2 is 1.88 bits per heavy atom. The van der Waals surface area contributed by atoms with Gasteiger partial charge in [-0.3, -0.25) is 4.79 Å². The first-order valence-corrected chi connectivity index (χ1v) is 6.29. The molecule has 0 aromatic carbocycles. The van der Waals surface area contributed by atoms with E-state index in [9.17, 15) is 9.59 Å². The SMILES string of the molecule is CCC(=O)C1(CNC(=O)OC(C)(C)C)CCC1. The van der Waals surface area contributed by atoms with Gasteiger partial charge in [0.25, 0.3) is 0 Å². The summed E-state index contributed by atoms with van der Waals surface area (Å²) in [5.74, 6) is 0.250. The number of rotatable bonds is 4. The topological polar surface area (TPSA) is 55.4 Å². The van der Waals surface area contributed by atoms with Crippen LogP contribution in [0.4, 0.5) is 4.79 Å². The Hall–Kier alpha value is -1.06. The molecule has 1 rings (SSSR count). The number of hydrogen-bond donors (Lipinski definition) is 1. The highest BCUT2D eigenvalue weighted by Crippen LogP contribution is 2.41. The van der Waals surface area contributed by atoms with Gasteiger partial charge in [0, 0.05) is 18.4 Å². The number of nitrogens with one attached hydrogen (secondary N) is 1. The average Bonchev–Trinajstić information content (AvgIpc) is 2.12. The predicted octanol–water partition coefficient (Wildman–Crippen LogP) is 2.66. The largest absolute Gasteiger partial charge is 0.444 e. The van der Waals surface area contributed by atoms with Crippen molar-refractivity contribution in [1.29, 1.82) is 0 Å². The van der Waals surface area contributed by atoms with Crippen LogP contribution in [0, 0.1) is 5.41 Å². The summed E-state index contributed by atoms with van der Waals surface area (Å²) in [6.45, 7) is 7.75. The minimum atomic E-state index is -0.494. The van der Waals surface area contributed by atoms with Crippen molar-refractivity contribution < 1.29 is 14.3 Å². The van der Waals surface area contributed by atoms with E-state index < -0.39 is 11.7 Å². The Kier molecular flexibility index (Phi) is 4.17. The molecule has 0 unspecified atom stereocenters. The molecule has 4 nitrogen and oxygen atoms in total. The first-order valence-electron chi connectivity index (χ1n) is 6.29. The number of ether oxygens (including phenoxy) is 1. The summed E-state index contributed by atoms with van der Waals surface area (Å²) >= 11 is 0. The molecule has 0 aliphatic heterocycles. The second-order valence-corrected chi connectivity index (χ2v) is 5.77. The number of ketones is 1. The Bertz CT molecular complexity index is 300. The lowest BCUT2D eigenvalue weighted by Gasteiger charge is -2.40. The first-order chi connectivity index (χ1) is 7.79. The number of carbonyl (C=O) groups excluding carboxylic acids is 2. The zero-order valence-corrected chi connectivity index (χ0v) is 11.3. The van der Waals surface area contributed by atoms with Gasteiger partial charge in [0.15, 0.2) is 0 Å². The van der Waals surface area contributed by atoms with Crippen molar-refractivity contribution in [2.24, 2.45) is 5.41 Å². The van der Waals surface area contributed by atoms with Gasteiger partial charge < -0.3 is 10.1 Å². The molecule has 1 N–H and O–H groups in total. The molecule has 0 aromatic heterocycles. The second-order valence-electron chi connectivity index (χ2n) is 5.77. The maximum atomic E-state index is 11.8. The zero-order chi connectivity index (χ0) is 13.1. The van der Waals surface area contributed by atoms with Crippen LogP contribution < -0.4 is 5.32 Å². The number of carbonyl (C=O) groups is 2. The molecule has 1 fully saturated rings. The van der Waals surface area contributed by atoms with Gasteiger partial charge >= 0.3 is 6.09 Å². The van der Waals surface area contributed by atoms with Gasteiger partial charge in [0.05, 0.1) is 0 Å². The quantitative estimate of drug-likeness (QED) is 0.823. The molecule has 1 saturated carbocycles. The summed E-state index contributed by atoms with van der Waals surface area (Å²) in [6, 6.07) is 0. The van der Waals surface area contributed by atoms with E-state index in [1.807, 2.05) is 27.7 Å². The molecule has 98 valence electrons. The number of Topliss-reactive ketones (excluding diaryl/α,β-unsaturated/α-hetero) is 1. The van der Waals surface area contributed by atoms with Crippen LogP contribution in [0.5, 0.6) is 0 Å². The van der Waals surface area contributed by atoms with Crippen LogP contribution in [-0.4, -0.2) is 24.0 Å². The van der Waals surface area contributed by atoms with Gasteiger partial charge in [-0.05, 0) is 33.6 Å². The van der Waals surface area contributed by atoms with E-state index in [0.29, 0.717) is 13.0 Å². The molecule has 0 aromatic rings. The van der Waals surface area contributed by atoms with Crippen molar-refractivity contribution >= 4 is 11.9 Å². The molecular formula is C13H23NO3. The van der Waals surface area contributed by atoms with Crippen LogP contribution in [0.3, 0.4) is 0 Å². The van der Waals surface area contributed by atoms with Crippen LogP contribution in [0.15, 0.2) is 0 Å². The molecule has 0 spiro atoms. The lowest BCUT2D eigenvalue weighted by atomic mass is 9.65. The van der Waals surface area contributed by atoms with E-state index in [4.69, 9.17) is 4.74 Å². The highest BCUT2D eigenvalue weighted by Gasteiger charge is 2.42. The van der Waals surface area contributed by atoms with Gasteiger partial charge in [-0.1, -0.05) is 13.3 Å². The standard InChI is InChI=1S/C13H23NO3/c1-5-10(15)13(7-6-8-13)9-14-11(16)17-12(2,3)4/h5-9H2,1-4H3,(H,14,16). The maximum absolute atomic E-state index is 11.8. The lowest BCUT2D eigenvalue weighted by molar-refractivity contribution is -0.132. The van der Waals surface area contributed by atoms with Crippen molar-refractivity contribution in [1.82, 2.24) is 5.32 Å². The Morgan fingerprint density at radius 1 is 1.29 bits per heavy atom. The Balaban J connectivity index is 2.44. The summed E-state index contributed by atoms with van der Waals surface area (Å²) in [6.07, 6.45) is 2.94. The fraction of sp³-hybridized carbons (Fsp3) is 0.846. The molecule has 0 heterocycles. The second kappa shape index (κ2) is 5.07. The van der Waals surface area contributed by atoms with Crippen molar-refractivity contribution in [2.75, 3.05) is 6.54 Å². The van der Waals surface area contributed by atoms with Gasteiger partial charge in [0.1, 0.15) is 11.4 Å². The molecule has 4 heteroatoms. The molecule has 0 atom stereocenters. The van der Waals surface area contributed by atoms with Crippen molar-refractivity contribution in [3.05, 3.63) is 0 Å². The van der Waals surface area contributed by atoms with Gasteiger partial charge in [0.2, 0.25) is 0 Å². The molecule has 1 aliphatic carbocycles. The summed E-state index contributed by atoms with van der Waals surface area (Å²) in [5, 5.41) is 2.72. The number of amides is 1. The van der Waals surface area contributed by atoms with Crippen molar-refractivity contribution in [2.45, 2.75) is 59.0 Å². The molecular weight excluding hydrogens is 218 g/mol. The van der Waals surface area contributed by atoms with Crippen LogP contribution in [0.1, 0.15) is 53.4 Å². The van der Waals surface area contributed by atoms with Gasteiger partial charge in [-0.25, -0.2) is 4.79 Å². The third-order valence-electron chi connectivity index (χ3n) is 3.19. The van der Waals surface area contributed by atoms with E-state index in [-0.39, 0.29) is 11.2 Å². The van der Waals surface area contributed by atoms with Crippen LogP contribution in [0.25, 0.3) is 0 Å². The summed E-state index contributed by atoms with van der Waals surface area (Å²) < 4.78 is 5.15. The zero-order valence-electron chi connectivity index (χ0n) is 11.3. The van der Waals surface area contributed by atoms with E-state index in [1.54, 1.807) is 0 Å². The van der Waals surface area contributed by atoms with Crippen LogP contribution in [-0.2, 0) is 9.53 Å². The fourth-order valence-electron chi connectivity index (χ4n) is 2.09. The third-order valence-corrected chi connectivity index (χ3v) is 3.19. The van der Waals surface area contributed by atoms with E-state index >= 15 is 0 Å². The molecule has 0 bridgehead atoms. The fourth-order valence-corrected chi connectivity index (χ4v) is 2.09. The Labute approximate surface area is 103 Å². The van der Waals surface area contributed by atoms with Gasteiger partial charge in [-0.2, -0.15) is 0 Å². The monoisotopic (exact) mass is 241 g/mol. The number of hydrogen-bond acceptors (Lipinski definition) is 3. The molecule has 0 radical (unpaired) electrons. The third kappa shape index (κ3) is 3.72. The van der Waals surface area contributed by atoms with Gasteiger partial charge in [-0.15, -0.1) is 0 Å². The van der Waals surface area contributed by atoms with Crippen LogP contribution >= 0.6 is 0 Å². The highest BCUT2D eigenvalue weighted by atomic mass is 16.6. The minimum absolute atomic E-state index is 0.250. The summed E-state index contributed by atoms with van der Waals surface area (Å²) in [7, 11) is 0. The highest BCUT2D eigenvalue weighted by molar-refractivity contribution is 5.86. The Morgan fingerprint density at radius 3 is 2.24 bits per heavy atom. The summed E-state index contributed by atoms with van der Waals surface area (Å²) in [4.78, 5) is 23.3. The molecule has 1 amide bonds. The van der Waals surface area contributed by atoms with E-state index in [0.717, 1.165) is 19.3 Å². The average molecular weight is 241 g/mol. The molecule has 1 aliphatic rings. The lowest BCUT2D eigenvalue weighted by Crippen LogP contribution is -2.48. The first kappa shape index (κ1) is 14.0. The maximum Gasteiger partial charge on any atom is 0.407 e. The summed E-state index contributed by atoms with van der Waals surface area (Å²) in [5.41, 5.74) is -0.808. The van der Waals surface area contributed by atoms with Crippen molar-refractivity contribution in [3.8, 4) is 0 Å².